The molecule has 24 heavy (non-hydrogen) atoms. The largest absolute Gasteiger partial charge is 0.493 e. The smallest absolute Gasteiger partial charge is 0.235 e. The van der Waals surface area contributed by atoms with Crippen molar-refractivity contribution in [3.63, 3.8) is 0 Å². The second-order valence-corrected chi connectivity index (χ2v) is 5.36. The molecule has 1 heterocycles. The van der Waals surface area contributed by atoms with Crippen LogP contribution in [0.3, 0.4) is 0 Å². The van der Waals surface area contributed by atoms with Gasteiger partial charge in [-0.25, -0.2) is 4.39 Å². The van der Waals surface area contributed by atoms with E-state index in [9.17, 15) is 9.18 Å². The van der Waals surface area contributed by atoms with E-state index in [-0.39, 0.29) is 22.7 Å². The van der Waals surface area contributed by atoms with Crippen molar-refractivity contribution in [1.29, 1.82) is 0 Å². The van der Waals surface area contributed by atoms with E-state index in [4.69, 9.17) is 13.9 Å². The number of benzene rings is 2. The minimum absolute atomic E-state index is 0.0184. The Morgan fingerprint density at radius 1 is 1.17 bits per heavy atom. The molecule has 0 aliphatic carbocycles. The van der Waals surface area contributed by atoms with Gasteiger partial charge in [-0.3, -0.25) is 4.79 Å². The van der Waals surface area contributed by atoms with Crippen molar-refractivity contribution in [3.05, 3.63) is 64.3 Å². The summed E-state index contributed by atoms with van der Waals surface area (Å²) in [6.45, 7) is 4.21. The summed E-state index contributed by atoms with van der Waals surface area (Å²) in [6, 6.07) is 10.9. The number of hydrogen-bond acceptors (Lipinski definition) is 4. The zero-order valence-electron chi connectivity index (χ0n) is 13.5. The monoisotopic (exact) mass is 328 g/mol. The van der Waals surface area contributed by atoms with Crippen molar-refractivity contribution in [3.8, 4) is 17.2 Å². The predicted octanol–water partition coefficient (Wildman–Crippen LogP) is 4.82. The molecule has 4 nitrogen and oxygen atoms in total. The van der Waals surface area contributed by atoms with Crippen LogP contribution < -0.4 is 14.9 Å². The summed E-state index contributed by atoms with van der Waals surface area (Å²) in [5.41, 5.74) is 0.0611. The van der Waals surface area contributed by atoms with Gasteiger partial charge >= 0.3 is 0 Å². The highest BCUT2D eigenvalue weighted by molar-refractivity contribution is 5.79. The maximum atomic E-state index is 13.7. The van der Waals surface area contributed by atoms with Gasteiger partial charge in [0.1, 0.15) is 17.1 Å². The first kappa shape index (κ1) is 16.1. The number of aryl methyl sites for hydroxylation is 1. The number of rotatable bonds is 5. The molecule has 0 N–H and O–H groups in total. The number of fused-ring (bicyclic) bond motifs is 1. The first-order valence-corrected chi connectivity index (χ1v) is 7.72. The summed E-state index contributed by atoms with van der Waals surface area (Å²) in [6.07, 6.45) is 0.885. The van der Waals surface area contributed by atoms with Gasteiger partial charge < -0.3 is 13.9 Å². The summed E-state index contributed by atoms with van der Waals surface area (Å²) >= 11 is 0. The van der Waals surface area contributed by atoms with Gasteiger partial charge in [-0.05, 0) is 37.6 Å². The SMILES string of the molecule is CCCOc1ccc2c(=O)c(Oc3ccccc3F)c(C)oc2c1. The van der Waals surface area contributed by atoms with Gasteiger partial charge in [0.2, 0.25) is 11.2 Å². The summed E-state index contributed by atoms with van der Waals surface area (Å²) in [7, 11) is 0. The predicted molar refractivity (Wildman–Crippen MR) is 89.5 cm³/mol. The molecule has 5 heteroatoms. The third kappa shape index (κ3) is 3.11. The van der Waals surface area contributed by atoms with Crippen LogP contribution in [0.25, 0.3) is 11.0 Å². The Morgan fingerprint density at radius 3 is 2.71 bits per heavy atom. The summed E-state index contributed by atoms with van der Waals surface area (Å²) in [5, 5.41) is 0.357. The van der Waals surface area contributed by atoms with Gasteiger partial charge in [-0.2, -0.15) is 0 Å². The fourth-order valence-corrected chi connectivity index (χ4v) is 2.33. The van der Waals surface area contributed by atoms with Crippen molar-refractivity contribution in [1.82, 2.24) is 0 Å². The fraction of sp³-hybridized carbons (Fsp3) is 0.211. The Balaban J connectivity index is 2.04. The Hall–Kier alpha value is -2.82. The van der Waals surface area contributed by atoms with Crippen LogP contribution in [-0.4, -0.2) is 6.61 Å². The molecule has 0 atom stereocenters. The lowest BCUT2D eigenvalue weighted by Gasteiger charge is -2.10. The Morgan fingerprint density at radius 2 is 1.96 bits per heavy atom. The lowest BCUT2D eigenvalue weighted by molar-refractivity contribution is 0.317. The quantitative estimate of drug-likeness (QED) is 0.673. The first-order chi connectivity index (χ1) is 11.6. The van der Waals surface area contributed by atoms with E-state index in [0.717, 1.165) is 6.42 Å². The van der Waals surface area contributed by atoms with E-state index < -0.39 is 5.82 Å². The van der Waals surface area contributed by atoms with Gasteiger partial charge in [-0.1, -0.05) is 19.1 Å². The molecule has 0 saturated carbocycles. The van der Waals surface area contributed by atoms with E-state index in [1.165, 1.54) is 12.1 Å². The average Bonchev–Trinajstić information content (AvgIpc) is 2.58. The highest BCUT2D eigenvalue weighted by Gasteiger charge is 2.16. The van der Waals surface area contributed by atoms with E-state index in [1.54, 1.807) is 37.3 Å². The zero-order chi connectivity index (χ0) is 17.1. The van der Waals surface area contributed by atoms with E-state index >= 15 is 0 Å². The molecule has 0 aliphatic rings. The van der Waals surface area contributed by atoms with Crippen LogP contribution in [0.2, 0.25) is 0 Å². The summed E-state index contributed by atoms with van der Waals surface area (Å²) < 4.78 is 30.4. The minimum atomic E-state index is -0.542. The Bertz CT molecular complexity index is 930. The number of hydrogen-bond donors (Lipinski definition) is 0. The Kier molecular flexibility index (Phi) is 4.51. The minimum Gasteiger partial charge on any atom is -0.493 e. The number of ether oxygens (including phenoxy) is 2. The number of para-hydroxylation sites is 1. The molecule has 124 valence electrons. The van der Waals surface area contributed by atoms with Gasteiger partial charge in [-0.15, -0.1) is 0 Å². The van der Waals surface area contributed by atoms with Crippen molar-refractivity contribution in [2.45, 2.75) is 20.3 Å². The van der Waals surface area contributed by atoms with Crippen molar-refractivity contribution < 1.29 is 18.3 Å². The molecule has 0 unspecified atom stereocenters. The third-order valence-electron chi connectivity index (χ3n) is 3.51. The van der Waals surface area contributed by atoms with Crippen LogP contribution >= 0.6 is 0 Å². The standard InChI is InChI=1S/C19H17FO4/c1-3-10-22-13-8-9-14-17(11-13)23-12(2)19(18(14)21)24-16-7-5-4-6-15(16)20/h4-9,11H,3,10H2,1-2H3. The zero-order valence-corrected chi connectivity index (χ0v) is 13.5. The molecule has 0 amide bonds. The van der Waals surface area contributed by atoms with Crippen molar-refractivity contribution in [2.24, 2.45) is 0 Å². The molecule has 3 aromatic rings. The maximum Gasteiger partial charge on any atom is 0.235 e. The van der Waals surface area contributed by atoms with Crippen LogP contribution in [0.15, 0.2) is 51.7 Å². The third-order valence-corrected chi connectivity index (χ3v) is 3.51. The number of halogens is 1. The fourth-order valence-electron chi connectivity index (χ4n) is 2.33. The molecule has 3 rings (SSSR count). The topological polar surface area (TPSA) is 48.7 Å². The molecule has 0 bridgehead atoms. The molecule has 0 aliphatic heterocycles. The van der Waals surface area contributed by atoms with Crippen molar-refractivity contribution in [2.75, 3.05) is 6.61 Å². The van der Waals surface area contributed by atoms with Crippen LogP contribution in [-0.2, 0) is 0 Å². The molecular formula is C19H17FO4. The molecular weight excluding hydrogens is 311 g/mol. The lowest BCUT2D eigenvalue weighted by atomic mass is 10.2. The molecule has 1 aromatic heterocycles. The summed E-state index contributed by atoms with van der Waals surface area (Å²) in [4.78, 5) is 12.6. The second kappa shape index (κ2) is 6.74. The van der Waals surface area contributed by atoms with Gasteiger partial charge in [0.25, 0.3) is 0 Å². The van der Waals surface area contributed by atoms with E-state index in [2.05, 4.69) is 0 Å². The maximum absolute atomic E-state index is 13.7. The molecule has 0 radical (unpaired) electrons. The van der Waals surface area contributed by atoms with Gasteiger partial charge in [0, 0.05) is 6.07 Å². The van der Waals surface area contributed by atoms with Crippen molar-refractivity contribution >= 4 is 11.0 Å². The molecule has 0 spiro atoms. The van der Waals surface area contributed by atoms with Crippen LogP contribution in [0.4, 0.5) is 4.39 Å². The van der Waals surface area contributed by atoms with Crippen LogP contribution in [0.5, 0.6) is 17.2 Å². The molecule has 0 saturated heterocycles. The van der Waals surface area contributed by atoms with Gasteiger partial charge in [0.05, 0.1) is 12.0 Å². The Labute approximate surface area is 138 Å². The highest BCUT2D eigenvalue weighted by Crippen LogP contribution is 2.28. The lowest BCUT2D eigenvalue weighted by Crippen LogP contribution is -2.08. The van der Waals surface area contributed by atoms with Crippen LogP contribution in [0, 0.1) is 12.7 Å². The first-order valence-electron chi connectivity index (χ1n) is 7.72. The highest BCUT2D eigenvalue weighted by atomic mass is 19.1. The summed E-state index contributed by atoms with van der Waals surface area (Å²) in [5.74, 6) is 0.336. The van der Waals surface area contributed by atoms with Gasteiger partial charge in [0.15, 0.2) is 11.6 Å². The molecule has 2 aromatic carbocycles. The normalized spacial score (nSPS) is 10.8. The molecule has 0 fully saturated rings. The second-order valence-electron chi connectivity index (χ2n) is 5.36. The van der Waals surface area contributed by atoms with E-state index in [0.29, 0.717) is 23.3 Å². The average molecular weight is 328 g/mol. The van der Waals surface area contributed by atoms with E-state index in [1.807, 2.05) is 6.92 Å². The van der Waals surface area contributed by atoms with Crippen LogP contribution in [0.1, 0.15) is 19.1 Å².